The maximum Gasteiger partial charge on any atom is 0.0851 e. The van der Waals surface area contributed by atoms with Crippen LogP contribution in [0.4, 0.5) is 0 Å². The Morgan fingerprint density at radius 2 is 2.12 bits per heavy atom. The molecule has 90 valence electrons. The van der Waals surface area contributed by atoms with Gasteiger partial charge < -0.3 is 4.74 Å². The van der Waals surface area contributed by atoms with Crippen LogP contribution in [0.2, 0.25) is 0 Å². The lowest BCUT2D eigenvalue weighted by molar-refractivity contribution is -0.300. The Labute approximate surface area is 99.3 Å². The van der Waals surface area contributed by atoms with Crippen LogP contribution in [0.25, 0.3) is 0 Å². The molecule has 0 aromatic rings. The molecule has 1 saturated carbocycles. The summed E-state index contributed by atoms with van der Waals surface area (Å²) in [5.41, 5.74) is 2.14. The molecule has 4 atom stereocenters. The molecule has 2 bridgehead atoms. The van der Waals surface area contributed by atoms with Crippen LogP contribution in [0.15, 0.2) is 11.6 Å². The van der Waals surface area contributed by atoms with E-state index in [-0.39, 0.29) is 5.60 Å². The van der Waals surface area contributed by atoms with Crippen molar-refractivity contribution in [2.75, 3.05) is 0 Å². The van der Waals surface area contributed by atoms with Gasteiger partial charge in [-0.05, 0) is 43.1 Å². The molecule has 1 nitrogen and oxygen atoms in total. The zero-order valence-electron chi connectivity index (χ0n) is 11.0. The third-order valence-corrected chi connectivity index (χ3v) is 5.50. The molecule has 16 heavy (non-hydrogen) atoms. The topological polar surface area (TPSA) is 9.23 Å². The van der Waals surface area contributed by atoms with E-state index in [2.05, 4.69) is 33.8 Å². The molecule has 0 unspecified atom stereocenters. The van der Waals surface area contributed by atoms with E-state index in [4.69, 9.17) is 4.74 Å². The van der Waals surface area contributed by atoms with Gasteiger partial charge >= 0.3 is 0 Å². The van der Waals surface area contributed by atoms with Crippen LogP contribution in [0.1, 0.15) is 53.4 Å². The lowest BCUT2D eigenvalue weighted by atomic mass is 9.55. The van der Waals surface area contributed by atoms with Crippen LogP contribution in [-0.4, -0.2) is 11.7 Å². The Kier molecular flexibility index (Phi) is 2.12. The van der Waals surface area contributed by atoms with Crippen molar-refractivity contribution >= 4 is 0 Å². The van der Waals surface area contributed by atoms with E-state index in [0.717, 1.165) is 18.3 Å². The molecule has 0 N–H and O–H groups in total. The van der Waals surface area contributed by atoms with Crippen molar-refractivity contribution in [3.8, 4) is 0 Å². The van der Waals surface area contributed by atoms with Crippen LogP contribution < -0.4 is 0 Å². The third-order valence-electron chi connectivity index (χ3n) is 5.50. The van der Waals surface area contributed by atoms with Gasteiger partial charge in [-0.3, -0.25) is 0 Å². The fourth-order valence-electron chi connectivity index (χ4n) is 4.49. The van der Waals surface area contributed by atoms with E-state index in [1.54, 1.807) is 0 Å². The maximum atomic E-state index is 6.34. The fourth-order valence-corrected chi connectivity index (χ4v) is 4.49. The van der Waals surface area contributed by atoms with Crippen LogP contribution >= 0.6 is 0 Å². The van der Waals surface area contributed by atoms with Crippen molar-refractivity contribution < 1.29 is 4.74 Å². The lowest BCUT2D eigenvalue weighted by Gasteiger charge is -2.64. The van der Waals surface area contributed by atoms with Gasteiger partial charge in [-0.2, -0.15) is 0 Å². The van der Waals surface area contributed by atoms with Crippen molar-refractivity contribution in [3.63, 3.8) is 0 Å². The molecule has 1 spiro atoms. The Morgan fingerprint density at radius 1 is 1.38 bits per heavy atom. The van der Waals surface area contributed by atoms with Crippen molar-refractivity contribution in [1.82, 2.24) is 0 Å². The van der Waals surface area contributed by atoms with Gasteiger partial charge in [-0.1, -0.05) is 33.3 Å². The third kappa shape index (κ3) is 1.16. The minimum Gasteiger partial charge on any atom is -0.366 e. The minimum atomic E-state index is 0.199. The molecule has 2 heterocycles. The highest BCUT2D eigenvalue weighted by atomic mass is 16.5. The summed E-state index contributed by atoms with van der Waals surface area (Å²) in [6.07, 6.45) is 8.12. The van der Waals surface area contributed by atoms with Gasteiger partial charge in [0.05, 0.1) is 11.7 Å². The van der Waals surface area contributed by atoms with Gasteiger partial charge in [-0.15, -0.1) is 0 Å². The zero-order chi connectivity index (χ0) is 11.6. The summed E-state index contributed by atoms with van der Waals surface area (Å²) in [5, 5.41) is 0. The SMILES string of the molecule is CC1=CC[C@]23O[C@H]1[C@@H]2C(C)(C)CCC[C@@H]3C. The van der Waals surface area contributed by atoms with Crippen molar-refractivity contribution in [1.29, 1.82) is 0 Å². The smallest absolute Gasteiger partial charge is 0.0851 e. The monoisotopic (exact) mass is 220 g/mol. The lowest BCUT2D eigenvalue weighted by Crippen LogP contribution is -2.68. The molecule has 2 aliphatic heterocycles. The van der Waals surface area contributed by atoms with Crippen molar-refractivity contribution in [3.05, 3.63) is 11.6 Å². The molecule has 1 heteroatoms. The van der Waals surface area contributed by atoms with Gasteiger partial charge in [0.2, 0.25) is 0 Å². The van der Waals surface area contributed by atoms with Crippen LogP contribution in [-0.2, 0) is 4.74 Å². The van der Waals surface area contributed by atoms with Crippen molar-refractivity contribution in [2.45, 2.75) is 65.1 Å². The first-order chi connectivity index (χ1) is 7.47. The second kappa shape index (κ2) is 3.13. The van der Waals surface area contributed by atoms with Crippen LogP contribution in [0.3, 0.4) is 0 Å². The van der Waals surface area contributed by atoms with Gasteiger partial charge in [0.1, 0.15) is 0 Å². The average molecular weight is 220 g/mol. The highest BCUT2D eigenvalue weighted by Gasteiger charge is 2.65. The molecule has 0 amide bonds. The van der Waals surface area contributed by atoms with Gasteiger partial charge in [0.25, 0.3) is 0 Å². The first-order valence-electron chi connectivity index (χ1n) is 6.82. The predicted molar refractivity (Wildman–Crippen MR) is 66.3 cm³/mol. The van der Waals surface area contributed by atoms with Crippen LogP contribution in [0.5, 0.6) is 0 Å². The summed E-state index contributed by atoms with van der Waals surface area (Å²) >= 11 is 0. The fraction of sp³-hybridized carbons (Fsp3) is 0.867. The maximum absolute atomic E-state index is 6.34. The van der Waals surface area contributed by atoms with Gasteiger partial charge in [-0.25, -0.2) is 0 Å². The molecular weight excluding hydrogens is 196 g/mol. The van der Waals surface area contributed by atoms with E-state index in [9.17, 15) is 0 Å². The second-order valence-corrected chi connectivity index (χ2v) is 6.91. The quantitative estimate of drug-likeness (QED) is 0.562. The molecule has 4 rings (SSSR count). The van der Waals surface area contributed by atoms with E-state index in [0.29, 0.717) is 11.5 Å². The Morgan fingerprint density at radius 3 is 2.81 bits per heavy atom. The van der Waals surface area contributed by atoms with Gasteiger partial charge in [0.15, 0.2) is 0 Å². The number of hydrogen-bond donors (Lipinski definition) is 0. The molecule has 2 fully saturated rings. The number of rotatable bonds is 0. The first-order valence-corrected chi connectivity index (χ1v) is 6.82. The second-order valence-electron chi connectivity index (χ2n) is 6.91. The average Bonchev–Trinajstić information content (AvgIpc) is 2.21. The largest absolute Gasteiger partial charge is 0.366 e. The predicted octanol–water partition coefficient (Wildman–Crippen LogP) is 3.94. The number of fused-ring (bicyclic) bond motifs is 1. The zero-order valence-corrected chi connectivity index (χ0v) is 11.0. The summed E-state index contributed by atoms with van der Waals surface area (Å²) < 4.78 is 6.34. The summed E-state index contributed by atoms with van der Waals surface area (Å²) in [5.74, 6) is 1.50. The van der Waals surface area contributed by atoms with E-state index >= 15 is 0 Å². The van der Waals surface area contributed by atoms with Crippen LogP contribution in [0, 0.1) is 17.3 Å². The molecule has 0 aromatic heterocycles. The Balaban J connectivity index is 2.03. The molecule has 0 aromatic carbocycles. The normalized spacial score (nSPS) is 49.8. The highest BCUT2D eigenvalue weighted by molar-refractivity contribution is 5.28. The summed E-state index contributed by atoms with van der Waals surface area (Å²) in [7, 11) is 0. The molecule has 2 aliphatic carbocycles. The molecule has 1 saturated heterocycles. The summed E-state index contributed by atoms with van der Waals surface area (Å²) in [6, 6.07) is 0. The Bertz CT molecular complexity index is 341. The number of hydrogen-bond acceptors (Lipinski definition) is 1. The highest BCUT2D eigenvalue weighted by Crippen LogP contribution is 2.62. The standard InChI is InChI=1S/C15H24O/c1-10-7-9-15-11(2)6-5-8-14(3,4)13(15)12(10)16-15/h7,11-13H,5-6,8-9H2,1-4H3/t11-,12+,13+,15+/m0/s1. The molecule has 0 radical (unpaired) electrons. The van der Waals surface area contributed by atoms with E-state index in [1.807, 2.05) is 0 Å². The molecule has 4 aliphatic rings. The number of ether oxygens (including phenoxy) is 1. The van der Waals surface area contributed by atoms with Crippen molar-refractivity contribution in [2.24, 2.45) is 17.3 Å². The minimum absolute atomic E-state index is 0.199. The van der Waals surface area contributed by atoms with E-state index in [1.165, 1.54) is 24.8 Å². The van der Waals surface area contributed by atoms with Gasteiger partial charge in [0, 0.05) is 5.92 Å². The molecular formula is C15H24O. The Hall–Kier alpha value is -0.300. The first kappa shape index (κ1) is 10.8. The summed E-state index contributed by atoms with van der Waals surface area (Å²) in [6.45, 7) is 9.57. The summed E-state index contributed by atoms with van der Waals surface area (Å²) in [4.78, 5) is 0. The van der Waals surface area contributed by atoms with E-state index < -0.39 is 0 Å².